The van der Waals surface area contributed by atoms with E-state index < -0.39 is 6.10 Å². The van der Waals surface area contributed by atoms with Gasteiger partial charge in [0, 0.05) is 19.3 Å². The average molecular weight is 843 g/mol. The van der Waals surface area contributed by atoms with Gasteiger partial charge in [0.2, 0.25) is 0 Å². The summed E-state index contributed by atoms with van der Waals surface area (Å²) >= 11 is 0. The highest BCUT2D eigenvalue weighted by Gasteiger charge is 2.19. The summed E-state index contributed by atoms with van der Waals surface area (Å²) in [4.78, 5) is 37.8. The molecule has 0 heterocycles. The van der Waals surface area contributed by atoms with E-state index in [0.717, 1.165) is 109 Å². The molecule has 61 heavy (non-hydrogen) atoms. The first-order valence-electron chi connectivity index (χ1n) is 24.0. The summed E-state index contributed by atoms with van der Waals surface area (Å²) in [7, 11) is 0. The predicted molar refractivity (Wildman–Crippen MR) is 260 cm³/mol. The number of carbonyl (C=O) groups excluding carboxylic acids is 3. The van der Waals surface area contributed by atoms with E-state index in [0.29, 0.717) is 19.3 Å². The minimum Gasteiger partial charge on any atom is -0.462 e. The molecule has 0 aliphatic heterocycles. The van der Waals surface area contributed by atoms with E-state index >= 15 is 0 Å². The summed E-state index contributed by atoms with van der Waals surface area (Å²) in [5, 5.41) is 0. The van der Waals surface area contributed by atoms with Crippen molar-refractivity contribution in [3.8, 4) is 0 Å². The minimum absolute atomic E-state index is 0.122. The van der Waals surface area contributed by atoms with Crippen molar-refractivity contribution in [2.45, 2.75) is 194 Å². The van der Waals surface area contributed by atoms with Gasteiger partial charge < -0.3 is 14.2 Å². The van der Waals surface area contributed by atoms with Gasteiger partial charge in [-0.3, -0.25) is 14.4 Å². The first kappa shape index (κ1) is 56.8. The van der Waals surface area contributed by atoms with E-state index in [1.165, 1.54) is 25.7 Å². The Morgan fingerprint density at radius 3 is 1.13 bits per heavy atom. The van der Waals surface area contributed by atoms with Gasteiger partial charge in [-0.05, 0) is 109 Å². The molecule has 0 rings (SSSR count). The summed E-state index contributed by atoms with van der Waals surface area (Å²) in [6.45, 7) is 6.24. The molecule has 0 N–H and O–H groups in total. The summed E-state index contributed by atoms with van der Waals surface area (Å²) in [5.41, 5.74) is 0. The van der Waals surface area contributed by atoms with Gasteiger partial charge in [0.25, 0.3) is 0 Å². The standard InChI is InChI=1S/C55H86O6/c1-4-7-10-13-16-19-22-24-25-26-27-28-29-31-33-36-39-42-45-48-54(57)60-51-52(50-59-53(56)47-44-41-38-35-32-21-18-15-12-9-6-3)61-55(58)49-46-43-40-37-34-30-23-20-17-14-11-8-5-2/h7-8,10-11,15-20,24-25,27-28,30-31,33-34,39,42,52H,4-6,9,12-14,21-23,26,29,32,35-38,40-41,43-51H2,1-3H3/b10-7-,11-8-,18-15-,19-16-,20-17-,25-24-,28-27-,33-31-,34-30-,42-39-. The molecule has 0 spiro atoms. The van der Waals surface area contributed by atoms with Crippen molar-refractivity contribution in [3.05, 3.63) is 122 Å². The van der Waals surface area contributed by atoms with Crippen LogP contribution in [-0.4, -0.2) is 37.2 Å². The molecule has 0 aromatic carbocycles. The maximum absolute atomic E-state index is 12.7. The molecule has 0 bridgehead atoms. The molecule has 1 atom stereocenters. The zero-order valence-electron chi connectivity index (χ0n) is 38.9. The Bertz CT molecular complexity index is 1340. The van der Waals surface area contributed by atoms with Crippen LogP contribution in [0.5, 0.6) is 0 Å². The summed E-state index contributed by atoms with van der Waals surface area (Å²) < 4.78 is 16.6. The third kappa shape index (κ3) is 46.7. The zero-order chi connectivity index (χ0) is 44.4. The van der Waals surface area contributed by atoms with Gasteiger partial charge in [-0.1, -0.05) is 181 Å². The molecule has 0 aromatic heterocycles. The van der Waals surface area contributed by atoms with E-state index in [9.17, 15) is 14.4 Å². The van der Waals surface area contributed by atoms with E-state index in [1.807, 2.05) is 12.2 Å². The van der Waals surface area contributed by atoms with Crippen LogP contribution >= 0.6 is 0 Å². The molecule has 6 heteroatoms. The number of rotatable bonds is 41. The lowest BCUT2D eigenvalue weighted by Gasteiger charge is -2.18. The lowest BCUT2D eigenvalue weighted by molar-refractivity contribution is -0.166. The highest BCUT2D eigenvalue weighted by Crippen LogP contribution is 2.11. The molecule has 1 unspecified atom stereocenters. The summed E-state index contributed by atoms with van der Waals surface area (Å²) in [6.07, 6.45) is 66.2. The maximum atomic E-state index is 12.7. The van der Waals surface area contributed by atoms with Gasteiger partial charge in [-0.2, -0.15) is 0 Å². The van der Waals surface area contributed by atoms with Crippen LogP contribution in [0.2, 0.25) is 0 Å². The van der Waals surface area contributed by atoms with Gasteiger partial charge in [0.15, 0.2) is 6.10 Å². The van der Waals surface area contributed by atoms with E-state index in [2.05, 4.69) is 130 Å². The second kappa shape index (κ2) is 48.5. The summed E-state index contributed by atoms with van der Waals surface area (Å²) in [6, 6.07) is 0. The van der Waals surface area contributed by atoms with Crippen molar-refractivity contribution >= 4 is 17.9 Å². The molecular weight excluding hydrogens is 757 g/mol. The lowest BCUT2D eigenvalue weighted by atomic mass is 10.1. The Balaban J connectivity index is 4.56. The van der Waals surface area contributed by atoms with Crippen molar-refractivity contribution in [1.82, 2.24) is 0 Å². The fraction of sp³-hybridized carbons (Fsp3) is 0.582. The molecule has 6 nitrogen and oxygen atoms in total. The quantitative estimate of drug-likeness (QED) is 0.0264. The van der Waals surface area contributed by atoms with Crippen LogP contribution in [0.3, 0.4) is 0 Å². The van der Waals surface area contributed by atoms with Crippen LogP contribution < -0.4 is 0 Å². The third-order valence-electron chi connectivity index (χ3n) is 9.44. The van der Waals surface area contributed by atoms with Crippen LogP contribution in [0.1, 0.15) is 188 Å². The Hall–Kier alpha value is -4.19. The van der Waals surface area contributed by atoms with Crippen molar-refractivity contribution in [2.24, 2.45) is 0 Å². The first-order chi connectivity index (χ1) is 30.0. The van der Waals surface area contributed by atoms with Crippen LogP contribution in [-0.2, 0) is 28.6 Å². The van der Waals surface area contributed by atoms with E-state index in [1.54, 1.807) is 0 Å². The lowest BCUT2D eigenvalue weighted by Crippen LogP contribution is -2.30. The smallest absolute Gasteiger partial charge is 0.306 e. The molecule has 0 fully saturated rings. The molecule has 342 valence electrons. The molecule has 0 saturated carbocycles. The second-order valence-electron chi connectivity index (χ2n) is 15.2. The monoisotopic (exact) mass is 843 g/mol. The average Bonchev–Trinajstić information content (AvgIpc) is 3.26. The number of esters is 3. The second-order valence-corrected chi connectivity index (χ2v) is 15.2. The SMILES string of the molecule is CC/C=C\C/C=C\C/C=C\C/C=C\C/C=C\C/C=C\CCC(=O)OCC(COC(=O)CCCCCCC/C=C\CCCC)OC(=O)CCCCC/C=C\C/C=C\C/C=C\CC. The molecule has 0 amide bonds. The molecule has 0 aliphatic carbocycles. The van der Waals surface area contributed by atoms with Crippen molar-refractivity contribution < 1.29 is 28.6 Å². The van der Waals surface area contributed by atoms with Gasteiger partial charge in [0.05, 0.1) is 0 Å². The number of hydrogen-bond acceptors (Lipinski definition) is 6. The number of hydrogen-bond donors (Lipinski definition) is 0. The van der Waals surface area contributed by atoms with Crippen molar-refractivity contribution in [3.63, 3.8) is 0 Å². The van der Waals surface area contributed by atoms with Gasteiger partial charge >= 0.3 is 17.9 Å². The van der Waals surface area contributed by atoms with Crippen molar-refractivity contribution in [2.75, 3.05) is 13.2 Å². The van der Waals surface area contributed by atoms with E-state index in [4.69, 9.17) is 14.2 Å². The molecular formula is C55H86O6. The number of carbonyl (C=O) groups is 3. The Morgan fingerprint density at radius 1 is 0.344 bits per heavy atom. The largest absolute Gasteiger partial charge is 0.462 e. The number of ether oxygens (including phenoxy) is 3. The molecule has 0 saturated heterocycles. The van der Waals surface area contributed by atoms with Gasteiger partial charge in [-0.15, -0.1) is 0 Å². The van der Waals surface area contributed by atoms with Crippen LogP contribution in [0.4, 0.5) is 0 Å². The molecule has 0 radical (unpaired) electrons. The van der Waals surface area contributed by atoms with Crippen molar-refractivity contribution in [1.29, 1.82) is 0 Å². The highest BCUT2D eigenvalue weighted by atomic mass is 16.6. The van der Waals surface area contributed by atoms with Crippen LogP contribution in [0.25, 0.3) is 0 Å². The predicted octanol–water partition coefficient (Wildman–Crippen LogP) is 15.7. The fourth-order valence-corrected chi connectivity index (χ4v) is 5.87. The number of unbranched alkanes of at least 4 members (excludes halogenated alkanes) is 10. The maximum Gasteiger partial charge on any atom is 0.306 e. The third-order valence-corrected chi connectivity index (χ3v) is 9.44. The van der Waals surface area contributed by atoms with Gasteiger partial charge in [0.1, 0.15) is 13.2 Å². The molecule has 0 aromatic rings. The zero-order valence-corrected chi connectivity index (χ0v) is 38.9. The number of allylic oxidation sites excluding steroid dienone is 20. The Morgan fingerprint density at radius 2 is 0.672 bits per heavy atom. The summed E-state index contributed by atoms with van der Waals surface area (Å²) in [5.74, 6) is -1.06. The minimum atomic E-state index is -0.829. The first-order valence-corrected chi connectivity index (χ1v) is 24.0. The van der Waals surface area contributed by atoms with Crippen LogP contribution in [0.15, 0.2) is 122 Å². The van der Waals surface area contributed by atoms with Crippen LogP contribution in [0, 0.1) is 0 Å². The Kier molecular flexibility index (Phi) is 45.1. The normalized spacial score (nSPS) is 13.2. The van der Waals surface area contributed by atoms with E-state index in [-0.39, 0.29) is 44.0 Å². The highest BCUT2D eigenvalue weighted by molar-refractivity contribution is 5.71. The molecule has 0 aliphatic rings. The fourth-order valence-electron chi connectivity index (χ4n) is 5.87. The topological polar surface area (TPSA) is 78.9 Å². The van der Waals surface area contributed by atoms with Gasteiger partial charge in [-0.25, -0.2) is 0 Å². The Labute approximate surface area is 373 Å².